The third-order valence-electron chi connectivity index (χ3n) is 2.15. The Morgan fingerprint density at radius 1 is 1.29 bits per heavy atom. The van der Waals surface area contributed by atoms with Crippen LogP contribution in [0.4, 0.5) is 4.39 Å². The number of benzene rings is 1. The lowest BCUT2D eigenvalue weighted by molar-refractivity contribution is 0.425. The molecule has 1 aromatic carbocycles. The van der Waals surface area contributed by atoms with Crippen LogP contribution in [0, 0.1) is 5.82 Å². The van der Waals surface area contributed by atoms with Crippen molar-refractivity contribution in [2.24, 2.45) is 0 Å². The Labute approximate surface area is 107 Å². The molecule has 0 bridgehead atoms. The topological polar surface area (TPSA) is 40.5 Å². The number of thioether (sulfide) groups is 1. The van der Waals surface area contributed by atoms with Crippen LogP contribution in [0.15, 0.2) is 39.9 Å². The van der Waals surface area contributed by atoms with Crippen molar-refractivity contribution in [3.05, 3.63) is 47.1 Å². The van der Waals surface area contributed by atoms with Crippen LogP contribution in [-0.4, -0.2) is 17.2 Å². The first-order chi connectivity index (χ1) is 8.15. The zero-order valence-electron chi connectivity index (χ0n) is 8.84. The van der Waals surface area contributed by atoms with Crippen LogP contribution in [0.3, 0.4) is 0 Å². The molecule has 1 aromatic heterocycles. The average Bonchev–Trinajstić information content (AvgIpc) is 2.78. The molecule has 2 aromatic rings. The van der Waals surface area contributed by atoms with Crippen LogP contribution < -0.4 is 5.46 Å². The lowest BCUT2D eigenvalue weighted by Crippen LogP contribution is -2.30. The van der Waals surface area contributed by atoms with Gasteiger partial charge in [0.05, 0.1) is 4.21 Å². The van der Waals surface area contributed by atoms with Crippen molar-refractivity contribution in [3.8, 4) is 0 Å². The van der Waals surface area contributed by atoms with Gasteiger partial charge in [0.25, 0.3) is 0 Å². The first kappa shape index (κ1) is 12.6. The van der Waals surface area contributed by atoms with Gasteiger partial charge >= 0.3 is 7.12 Å². The van der Waals surface area contributed by atoms with Crippen LogP contribution in [0.25, 0.3) is 0 Å². The fourth-order valence-electron chi connectivity index (χ4n) is 1.41. The van der Waals surface area contributed by atoms with Gasteiger partial charge in [0.1, 0.15) is 5.82 Å². The fourth-order valence-corrected chi connectivity index (χ4v) is 3.12. The van der Waals surface area contributed by atoms with E-state index in [1.807, 2.05) is 17.5 Å². The monoisotopic (exact) mass is 268 g/mol. The highest BCUT2D eigenvalue weighted by Gasteiger charge is 2.13. The minimum atomic E-state index is -1.63. The van der Waals surface area contributed by atoms with E-state index in [0.717, 1.165) is 15.8 Å². The van der Waals surface area contributed by atoms with Crippen molar-refractivity contribution in [1.29, 1.82) is 0 Å². The van der Waals surface area contributed by atoms with Gasteiger partial charge < -0.3 is 10.0 Å². The molecule has 2 nitrogen and oxygen atoms in total. The summed E-state index contributed by atoms with van der Waals surface area (Å²) in [5.74, 6) is 0.162. The van der Waals surface area contributed by atoms with Gasteiger partial charge in [-0.2, -0.15) is 0 Å². The van der Waals surface area contributed by atoms with E-state index >= 15 is 0 Å². The van der Waals surface area contributed by atoms with Crippen LogP contribution in [0.1, 0.15) is 5.56 Å². The highest BCUT2D eigenvalue weighted by atomic mass is 32.2. The average molecular weight is 268 g/mol. The summed E-state index contributed by atoms with van der Waals surface area (Å²) in [7, 11) is -1.63. The van der Waals surface area contributed by atoms with Crippen LogP contribution in [-0.2, 0) is 5.75 Å². The fraction of sp³-hybridized carbons (Fsp3) is 0.0909. The molecule has 88 valence electrons. The summed E-state index contributed by atoms with van der Waals surface area (Å²) < 4.78 is 14.4. The predicted molar refractivity (Wildman–Crippen MR) is 70.1 cm³/mol. The van der Waals surface area contributed by atoms with Gasteiger partial charge in [0.15, 0.2) is 0 Å². The molecule has 0 saturated heterocycles. The second kappa shape index (κ2) is 5.68. The Bertz CT molecular complexity index is 488. The van der Waals surface area contributed by atoms with Crippen molar-refractivity contribution >= 4 is 35.7 Å². The molecule has 0 atom stereocenters. The SMILES string of the molecule is OB(O)c1cc(F)cc(CSc2cccs2)c1. The van der Waals surface area contributed by atoms with E-state index in [9.17, 15) is 4.39 Å². The van der Waals surface area contributed by atoms with Crippen LogP contribution >= 0.6 is 23.1 Å². The molecule has 1 heterocycles. The molecule has 0 radical (unpaired) electrons. The molecule has 0 aliphatic carbocycles. The lowest BCUT2D eigenvalue weighted by atomic mass is 9.79. The Kier molecular flexibility index (Phi) is 4.23. The maximum atomic E-state index is 13.2. The summed E-state index contributed by atoms with van der Waals surface area (Å²) in [6, 6.07) is 8.10. The summed E-state index contributed by atoms with van der Waals surface area (Å²) in [6.45, 7) is 0. The molecule has 2 rings (SSSR count). The molecule has 0 unspecified atom stereocenters. The minimum absolute atomic E-state index is 0.187. The van der Waals surface area contributed by atoms with Crippen molar-refractivity contribution in [2.45, 2.75) is 9.96 Å². The molecule has 17 heavy (non-hydrogen) atoms. The molecule has 0 fully saturated rings. The van der Waals surface area contributed by atoms with Gasteiger partial charge in [-0.25, -0.2) is 4.39 Å². The Hall–Kier alpha value is -0.815. The van der Waals surface area contributed by atoms with Crippen molar-refractivity contribution in [3.63, 3.8) is 0 Å². The van der Waals surface area contributed by atoms with E-state index in [-0.39, 0.29) is 5.46 Å². The highest BCUT2D eigenvalue weighted by molar-refractivity contribution is 8.00. The zero-order valence-corrected chi connectivity index (χ0v) is 10.5. The first-order valence-corrected chi connectivity index (χ1v) is 6.83. The Morgan fingerprint density at radius 2 is 2.12 bits per heavy atom. The van der Waals surface area contributed by atoms with E-state index in [4.69, 9.17) is 10.0 Å². The summed E-state index contributed by atoms with van der Waals surface area (Å²) in [5.41, 5.74) is 0.929. The number of halogens is 1. The van der Waals surface area contributed by atoms with E-state index in [2.05, 4.69) is 0 Å². The quantitative estimate of drug-likeness (QED) is 0.657. The van der Waals surface area contributed by atoms with Gasteiger partial charge in [0.2, 0.25) is 0 Å². The third-order valence-corrected chi connectivity index (χ3v) is 4.36. The molecular formula is C11H10BFO2S2. The maximum Gasteiger partial charge on any atom is 0.488 e. The predicted octanol–water partition coefficient (Wildman–Crippen LogP) is 1.86. The van der Waals surface area contributed by atoms with Crippen molar-refractivity contribution in [1.82, 2.24) is 0 Å². The maximum absolute atomic E-state index is 13.2. The zero-order chi connectivity index (χ0) is 12.3. The molecule has 0 aliphatic heterocycles. The normalized spacial score (nSPS) is 10.5. The molecule has 0 spiro atoms. The largest absolute Gasteiger partial charge is 0.488 e. The summed E-state index contributed by atoms with van der Waals surface area (Å²) >= 11 is 3.23. The Balaban J connectivity index is 2.10. The van der Waals surface area contributed by atoms with Gasteiger partial charge in [-0.3, -0.25) is 0 Å². The molecule has 6 heteroatoms. The summed E-state index contributed by atoms with van der Waals surface area (Å²) in [5, 5.41) is 20.0. The lowest BCUT2D eigenvalue weighted by Gasteiger charge is -2.04. The number of rotatable bonds is 4. The number of thiophene rings is 1. The second-order valence-electron chi connectivity index (χ2n) is 3.49. The number of hydrogen-bond acceptors (Lipinski definition) is 4. The van der Waals surface area contributed by atoms with Crippen molar-refractivity contribution < 1.29 is 14.4 Å². The summed E-state index contributed by atoms with van der Waals surface area (Å²) in [4.78, 5) is 0. The van der Waals surface area contributed by atoms with Gasteiger partial charge in [-0.15, -0.1) is 23.1 Å². The van der Waals surface area contributed by atoms with Crippen molar-refractivity contribution in [2.75, 3.05) is 0 Å². The summed E-state index contributed by atoms with van der Waals surface area (Å²) in [6.07, 6.45) is 0. The molecule has 0 amide bonds. The third kappa shape index (κ3) is 3.57. The van der Waals surface area contributed by atoms with E-state index in [0.29, 0.717) is 5.75 Å². The van der Waals surface area contributed by atoms with Gasteiger partial charge in [0, 0.05) is 5.75 Å². The van der Waals surface area contributed by atoms with Crippen LogP contribution in [0.5, 0.6) is 0 Å². The van der Waals surface area contributed by atoms with Gasteiger partial charge in [-0.05, 0) is 34.6 Å². The molecule has 0 aliphatic rings. The standard InChI is InChI=1S/C11H10BFO2S2/c13-10-5-8(4-9(6-10)12(14)15)7-17-11-2-1-3-16-11/h1-6,14-15H,7H2. The van der Waals surface area contributed by atoms with E-state index in [1.165, 1.54) is 6.07 Å². The van der Waals surface area contributed by atoms with Crippen LogP contribution in [0.2, 0.25) is 0 Å². The minimum Gasteiger partial charge on any atom is -0.423 e. The number of hydrogen-bond donors (Lipinski definition) is 2. The van der Waals surface area contributed by atoms with E-state index < -0.39 is 12.9 Å². The smallest absolute Gasteiger partial charge is 0.423 e. The molecular weight excluding hydrogens is 258 g/mol. The van der Waals surface area contributed by atoms with E-state index in [1.54, 1.807) is 29.2 Å². The highest BCUT2D eigenvalue weighted by Crippen LogP contribution is 2.26. The first-order valence-electron chi connectivity index (χ1n) is 4.97. The molecule has 0 saturated carbocycles. The Morgan fingerprint density at radius 3 is 2.76 bits per heavy atom. The van der Waals surface area contributed by atoms with Gasteiger partial charge in [-0.1, -0.05) is 12.1 Å². The molecule has 2 N–H and O–H groups in total. The second-order valence-corrected chi connectivity index (χ2v) is 5.71.